The molecule has 0 saturated heterocycles. The van der Waals surface area contributed by atoms with E-state index in [9.17, 15) is 0 Å². The van der Waals surface area contributed by atoms with Gasteiger partial charge >= 0.3 is 0 Å². The Balaban J connectivity index is 2.05. The highest BCUT2D eigenvalue weighted by atomic mass is 127. The van der Waals surface area contributed by atoms with E-state index in [1.165, 1.54) is 33.4 Å². The molecule has 1 aromatic rings. The third-order valence-corrected chi connectivity index (χ3v) is 4.18. The molecule has 0 fully saturated rings. The van der Waals surface area contributed by atoms with Crippen molar-refractivity contribution in [3.63, 3.8) is 0 Å². The summed E-state index contributed by atoms with van der Waals surface area (Å²) in [5, 5.41) is 0. The predicted octanol–water partition coefficient (Wildman–Crippen LogP) is 4.56. The summed E-state index contributed by atoms with van der Waals surface area (Å²) in [4.78, 5) is 2.48. The minimum atomic E-state index is 1.06. The molecule has 0 atom stereocenters. The van der Waals surface area contributed by atoms with Crippen molar-refractivity contribution in [3.8, 4) is 0 Å². The number of allylic oxidation sites excluding steroid dienone is 4. The largest absolute Gasteiger partial charge is 0.341 e. The Morgan fingerprint density at radius 1 is 1.22 bits per heavy atom. The molecule has 2 aliphatic rings. The fourth-order valence-corrected chi connectivity index (χ4v) is 2.93. The van der Waals surface area contributed by atoms with Crippen molar-refractivity contribution in [1.29, 1.82) is 0 Å². The first kappa shape index (κ1) is 12.0. The van der Waals surface area contributed by atoms with E-state index in [0.29, 0.717) is 0 Å². The minimum Gasteiger partial charge on any atom is -0.341 e. The number of rotatable bonds is 3. The van der Waals surface area contributed by atoms with Gasteiger partial charge in [-0.2, -0.15) is 0 Å². The molecule has 0 N–H and O–H groups in total. The van der Waals surface area contributed by atoms with Crippen LogP contribution in [0, 0.1) is 0 Å². The van der Waals surface area contributed by atoms with Crippen LogP contribution in [0.4, 0.5) is 5.69 Å². The summed E-state index contributed by atoms with van der Waals surface area (Å²) in [6.07, 6.45) is 11.3. The van der Waals surface area contributed by atoms with Crippen molar-refractivity contribution in [3.05, 3.63) is 59.3 Å². The van der Waals surface area contributed by atoms with Crippen LogP contribution >= 0.6 is 22.6 Å². The Hall–Kier alpha value is -1.03. The molecule has 2 heteroatoms. The van der Waals surface area contributed by atoms with Crippen molar-refractivity contribution >= 4 is 34.4 Å². The number of benzene rings is 1. The first-order chi connectivity index (χ1) is 8.90. The maximum Gasteiger partial charge on any atom is 0.0484 e. The molecule has 0 spiro atoms. The first-order valence-electron chi connectivity index (χ1n) is 6.40. The minimum absolute atomic E-state index is 1.06. The van der Waals surface area contributed by atoms with Crippen LogP contribution in [0.25, 0.3) is 6.08 Å². The molecule has 0 radical (unpaired) electrons. The van der Waals surface area contributed by atoms with Crippen LogP contribution in [0.15, 0.2) is 53.8 Å². The lowest BCUT2D eigenvalue weighted by Gasteiger charge is -2.34. The molecule has 18 heavy (non-hydrogen) atoms. The zero-order chi connectivity index (χ0) is 12.4. The molecule has 1 aliphatic carbocycles. The molecule has 0 unspecified atom stereocenters. The van der Waals surface area contributed by atoms with Crippen LogP contribution < -0.4 is 4.90 Å². The highest BCUT2D eigenvalue weighted by molar-refractivity contribution is 14.1. The molecule has 0 bridgehead atoms. The lowest BCUT2D eigenvalue weighted by molar-refractivity contribution is 0.853. The number of para-hydroxylation sites is 1. The normalized spacial score (nSPS) is 16.8. The van der Waals surface area contributed by atoms with Crippen LogP contribution in [-0.2, 0) is 0 Å². The Labute approximate surface area is 122 Å². The number of hydrogen-bond acceptors (Lipinski definition) is 1. The molecular formula is C16H16IN. The van der Waals surface area contributed by atoms with Gasteiger partial charge in [-0.15, -0.1) is 0 Å². The molecule has 1 aromatic carbocycles. The van der Waals surface area contributed by atoms with E-state index in [1.54, 1.807) is 0 Å². The molecular weight excluding hydrogens is 333 g/mol. The Morgan fingerprint density at radius 2 is 2.11 bits per heavy atom. The third kappa shape index (κ3) is 2.14. The number of alkyl halides is 1. The summed E-state index contributed by atoms with van der Waals surface area (Å²) in [7, 11) is 0. The molecule has 3 rings (SSSR count). The van der Waals surface area contributed by atoms with Gasteiger partial charge in [-0.3, -0.25) is 0 Å². The van der Waals surface area contributed by atoms with Gasteiger partial charge in [0, 0.05) is 22.4 Å². The van der Waals surface area contributed by atoms with Gasteiger partial charge < -0.3 is 4.90 Å². The summed E-state index contributed by atoms with van der Waals surface area (Å²) in [6.45, 7) is 1.11. The summed E-state index contributed by atoms with van der Waals surface area (Å²) in [5.41, 5.74) is 5.55. The standard InChI is InChI=1S/C16H16IN/c17-10-5-11-18-15-8-3-1-6-13(15)12-14-7-2-4-9-16(14)18/h1-4,6,8-9,12H,5,7,10-11H2. The maximum absolute atomic E-state index is 2.48. The average Bonchev–Trinajstić information content (AvgIpc) is 2.43. The van der Waals surface area contributed by atoms with Gasteiger partial charge in [0.15, 0.2) is 0 Å². The van der Waals surface area contributed by atoms with E-state index in [4.69, 9.17) is 0 Å². The Kier molecular flexibility index (Phi) is 3.55. The van der Waals surface area contributed by atoms with E-state index in [2.05, 4.69) is 76.1 Å². The van der Waals surface area contributed by atoms with Crippen LogP contribution in [0.2, 0.25) is 0 Å². The molecule has 0 saturated carbocycles. The van der Waals surface area contributed by atoms with Gasteiger partial charge in [-0.25, -0.2) is 0 Å². The number of fused-ring (bicyclic) bond motifs is 2. The van der Waals surface area contributed by atoms with Gasteiger partial charge in [-0.1, -0.05) is 52.9 Å². The number of nitrogens with zero attached hydrogens (tertiary/aromatic N) is 1. The molecule has 0 aromatic heterocycles. The molecule has 0 amide bonds. The molecule has 1 nitrogen and oxygen atoms in total. The average molecular weight is 349 g/mol. The second-order valence-corrected chi connectivity index (χ2v) is 5.69. The van der Waals surface area contributed by atoms with Crippen molar-refractivity contribution in [1.82, 2.24) is 0 Å². The highest BCUT2D eigenvalue weighted by Crippen LogP contribution is 2.37. The van der Waals surface area contributed by atoms with E-state index >= 15 is 0 Å². The summed E-state index contributed by atoms with van der Waals surface area (Å²) in [5.74, 6) is 0. The first-order valence-corrected chi connectivity index (χ1v) is 7.93. The summed E-state index contributed by atoms with van der Waals surface area (Å²) < 4.78 is 1.21. The van der Waals surface area contributed by atoms with E-state index in [1.807, 2.05) is 0 Å². The van der Waals surface area contributed by atoms with E-state index < -0.39 is 0 Å². The van der Waals surface area contributed by atoms with Crippen LogP contribution in [0.1, 0.15) is 18.4 Å². The van der Waals surface area contributed by atoms with E-state index in [-0.39, 0.29) is 0 Å². The summed E-state index contributed by atoms with van der Waals surface area (Å²) >= 11 is 2.46. The fraction of sp³-hybridized carbons (Fsp3) is 0.250. The second kappa shape index (κ2) is 5.31. The molecule has 1 heterocycles. The number of halogens is 1. The quantitative estimate of drug-likeness (QED) is 0.571. The lowest BCUT2D eigenvalue weighted by atomic mass is 9.94. The highest BCUT2D eigenvalue weighted by Gasteiger charge is 2.22. The van der Waals surface area contributed by atoms with Crippen LogP contribution in [0.3, 0.4) is 0 Å². The number of hydrogen-bond donors (Lipinski definition) is 0. The zero-order valence-corrected chi connectivity index (χ0v) is 12.4. The Morgan fingerprint density at radius 3 is 3.00 bits per heavy atom. The smallest absolute Gasteiger partial charge is 0.0484 e. The van der Waals surface area contributed by atoms with E-state index in [0.717, 1.165) is 13.0 Å². The summed E-state index contributed by atoms with van der Waals surface area (Å²) in [6, 6.07) is 8.71. The van der Waals surface area contributed by atoms with Crippen molar-refractivity contribution < 1.29 is 0 Å². The second-order valence-electron chi connectivity index (χ2n) is 4.61. The van der Waals surface area contributed by atoms with Crippen LogP contribution in [-0.4, -0.2) is 11.0 Å². The van der Waals surface area contributed by atoms with Gasteiger partial charge in [0.05, 0.1) is 0 Å². The van der Waals surface area contributed by atoms with Gasteiger partial charge in [0.25, 0.3) is 0 Å². The molecule has 1 aliphatic heterocycles. The Bertz CT molecular complexity index is 540. The van der Waals surface area contributed by atoms with Crippen molar-refractivity contribution in [2.24, 2.45) is 0 Å². The number of anilines is 1. The van der Waals surface area contributed by atoms with Crippen molar-refractivity contribution in [2.45, 2.75) is 12.8 Å². The third-order valence-electron chi connectivity index (χ3n) is 3.42. The van der Waals surface area contributed by atoms with Gasteiger partial charge in [-0.05, 0) is 42.2 Å². The fourth-order valence-electron chi connectivity index (χ4n) is 2.59. The van der Waals surface area contributed by atoms with Crippen molar-refractivity contribution in [2.75, 3.05) is 15.9 Å². The predicted molar refractivity (Wildman–Crippen MR) is 87.1 cm³/mol. The van der Waals surface area contributed by atoms with Crippen LogP contribution in [0.5, 0.6) is 0 Å². The monoisotopic (exact) mass is 349 g/mol. The molecule has 92 valence electrons. The maximum atomic E-state index is 2.48. The van der Waals surface area contributed by atoms with Gasteiger partial charge in [0.2, 0.25) is 0 Å². The zero-order valence-electron chi connectivity index (χ0n) is 10.3. The lowest BCUT2D eigenvalue weighted by Crippen LogP contribution is -2.28. The topological polar surface area (TPSA) is 3.24 Å². The van der Waals surface area contributed by atoms with Gasteiger partial charge in [0.1, 0.15) is 0 Å². The SMILES string of the molecule is ICCCN1C2=CC=CCC2=Cc2ccccc21.